The van der Waals surface area contributed by atoms with Gasteiger partial charge in [-0.25, -0.2) is 9.18 Å². The van der Waals surface area contributed by atoms with E-state index in [2.05, 4.69) is 5.32 Å². The van der Waals surface area contributed by atoms with E-state index in [-0.39, 0.29) is 11.6 Å². The van der Waals surface area contributed by atoms with E-state index in [1.54, 1.807) is 0 Å². The van der Waals surface area contributed by atoms with E-state index in [9.17, 15) is 14.0 Å². The van der Waals surface area contributed by atoms with Crippen LogP contribution in [0.3, 0.4) is 0 Å². The fourth-order valence-corrected chi connectivity index (χ4v) is 2.79. The van der Waals surface area contributed by atoms with Gasteiger partial charge in [0, 0.05) is 0 Å². The highest BCUT2D eigenvalue weighted by Crippen LogP contribution is 2.23. The third kappa shape index (κ3) is 4.06. The number of nitrogens with one attached hydrogen (secondary N) is 1. The lowest BCUT2D eigenvalue weighted by Crippen LogP contribution is -2.31. The topological polar surface area (TPSA) is 55.4 Å². The summed E-state index contributed by atoms with van der Waals surface area (Å²) in [4.78, 5) is 24.0. The molecule has 0 aliphatic heterocycles. The first-order chi connectivity index (χ1) is 12.5. The van der Waals surface area contributed by atoms with Crippen molar-refractivity contribution in [1.82, 2.24) is 5.32 Å². The van der Waals surface area contributed by atoms with Crippen LogP contribution in [-0.4, -0.2) is 18.5 Å². The summed E-state index contributed by atoms with van der Waals surface area (Å²) in [5.41, 5.74) is 1.18. The Labute approximate surface area is 150 Å². The lowest BCUT2D eigenvalue weighted by atomic mass is 10.00. The molecule has 0 aliphatic carbocycles. The highest BCUT2D eigenvalue weighted by molar-refractivity contribution is 5.91. The molecule has 132 valence electrons. The molecular formula is C21H18FNO3. The van der Waals surface area contributed by atoms with Crippen LogP contribution in [0.5, 0.6) is 0 Å². The van der Waals surface area contributed by atoms with Gasteiger partial charge in [-0.15, -0.1) is 0 Å². The third-order valence-corrected chi connectivity index (χ3v) is 4.08. The Morgan fingerprint density at radius 2 is 1.69 bits per heavy atom. The number of rotatable bonds is 5. The quantitative estimate of drug-likeness (QED) is 0.707. The number of carbonyl (C=O) groups is 2. The summed E-state index contributed by atoms with van der Waals surface area (Å²) in [6.07, 6.45) is 0. The van der Waals surface area contributed by atoms with E-state index in [1.165, 1.54) is 24.3 Å². The minimum absolute atomic E-state index is 0.196. The van der Waals surface area contributed by atoms with Crippen LogP contribution in [0, 0.1) is 5.82 Å². The van der Waals surface area contributed by atoms with E-state index < -0.39 is 24.3 Å². The number of ether oxygens (including phenoxy) is 1. The summed E-state index contributed by atoms with van der Waals surface area (Å²) in [6, 6.07) is 18.6. The maximum absolute atomic E-state index is 12.9. The molecule has 3 rings (SSSR count). The fourth-order valence-electron chi connectivity index (χ4n) is 2.79. The van der Waals surface area contributed by atoms with Crippen molar-refractivity contribution in [3.63, 3.8) is 0 Å². The van der Waals surface area contributed by atoms with Gasteiger partial charge in [-0.2, -0.15) is 0 Å². The molecule has 0 spiro atoms. The minimum Gasteiger partial charge on any atom is -0.452 e. The van der Waals surface area contributed by atoms with Gasteiger partial charge in [0.2, 0.25) is 0 Å². The average Bonchev–Trinajstić information content (AvgIpc) is 2.66. The van der Waals surface area contributed by atoms with Crippen molar-refractivity contribution in [2.24, 2.45) is 0 Å². The number of hydrogen-bond acceptors (Lipinski definition) is 3. The normalized spacial score (nSPS) is 11.8. The largest absolute Gasteiger partial charge is 0.452 e. The van der Waals surface area contributed by atoms with Gasteiger partial charge < -0.3 is 10.1 Å². The highest BCUT2D eigenvalue weighted by Gasteiger charge is 2.14. The van der Waals surface area contributed by atoms with Crippen LogP contribution in [0.4, 0.5) is 4.39 Å². The third-order valence-electron chi connectivity index (χ3n) is 4.08. The van der Waals surface area contributed by atoms with Gasteiger partial charge in [-0.1, -0.05) is 42.5 Å². The molecule has 26 heavy (non-hydrogen) atoms. The van der Waals surface area contributed by atoms with Crippen molar-refractivity contribution >= 4 is 22.6 Å². The molecule has 1 atom stereocenters. The Morgan fingerprint density at radius 3 is 2.46 bits per heavy atom. The lowest BCUT2D eigenvalue weighted by Gasteiger charge is -2.16. The van der Waals surface area contributed by atoms with E-state index in [4.69, 9.17) is 4.74 Å². The van der Waals surface area contributed by atoms with Crippen molar-refractivity contribution in [1.29, 1.82) is 0 Å². The molecule has 0 aliphatic rings. The zero-order valence-corrected chi connectivity index (χ0v) is 14.2. The predicted octanol–water partition coefficient (Wildman–Crippen LogP) is 4.01. The van der Waals surface area contributed by atoms with Crippen LogP contribution in [-0.2, 0) is 9.53 Å². The van der Waals surface area contributed by atoms with Crippen molar-refractivity contribution in [3.8, 4) is 0 Å². The van der Waals surface area contributed by atoms with Crippen LogP contribution < -0.4 is 5.32 Å². The Kier molecular flexibility index (Phi) is 5.27. The van der Waals surface area contributed by atoms with Crippen LogP contribution in [0.25, 0.3) is 10.8 Å². The van der Waals surface area contributed by atoms with Crippen LogP contribution in [0.1, 0.15) is 28.9 Å². The molecule has 3 aromatic carbocycles. The van der Waals surface area contributed by atoms with Gasteiger partial charge in [0.1, 0.15) is 5.82 Å². The zero-order chi connectivity index (χ0) is 18.5. The summed E-state index contributed by atoms with van der Waals surface area (Å²) >= 11 is 0. The molecule has 0 aromatic heterocycles. The highest BCUT2D eigenvalue weighted by atomic mass is 19.1. The molecule has 0 heterocycles. The van der Waals surface area contributed by atoms with E-state index >= 15 is 0 Å². The van der Waals surface area contributed by atoms with Crippen LogP contribution >= 0.6 is 0 Å². The summed E-state index contributed by atoms with van der Waals surface area (Å²) in [5.74, 6) is -1.51. The number of benzene rings is 3. The molecular weight excluding hydrogens is 333 g/mol. The molecule has 0 saturated carbocycles. The molecule has 1 amide bonds. The molecule has 3 aromatic rings. The standard InChI is InChI=1S/C21H18FNO3/c1-14(18-8-4-6-15-5-2-3-7-19(15)18)23-20(24)13-26-21(25)16-9-11-17(22)12-10-16/h2-12,14H,13H2,1H3,(H,23,24)/t14-/m1/s1. The van der Waals surface area contributed by atoms with Crippen molar-refractivity contribution in [2.45, 2.75) is 13.0 Å². The van der Waals surface area contributed by atoms with Gasteiger partial charge in [-0.05, 0) is 47.5 Å². The Morgan fingerprint density at radius 1 is 1.00 bits per heavy atom. The average molecular weight is 351 g/mol. The fraction of sp³-hybridized carbons (Fsp3) is 0.143. The summed E-state index contributed by atoms with van der Waals surface area (Å²) in [7, 11) is 0. The second-order valence-corrected chi connectivity index (χ2v) is 5.94. The van der Waals surface area contributed by atoms with Gasteiger partial charge >= 0.3 is 5.97 Å². The summed E-state index contributed by atoms with van der Waals surface area (Å²) in [6.45, 7) is 1.48. The number of fused-ring (bicyclic) bond motifs is 1. The second kappa shape index (κ2) is 7.78. The number of amides is 1. The van der Waals surface area contributed by atoms with Crippen LogP contribution in [0.2, 0.25) is 0 Å². The first-order valence-electron chi connectivity index (χ1n) is 8.24. The number of hydrogen-bond donors (Lipinski definition) is 1. The van der Waals surface area contributed by atoms with E-state index in [0.717, 1.165) is 16.3 Å². The maximum atomic E-state index is 12.9. The number of halogens is 1. The Hall–Kier alpha value is -3.21. The molecule has 4 nitrogen and oxygen atoms in total. The van der Waals surface area contributed by atoms with Gasteiger partial charge in [-0.3, -0.25) is 4.79 Å². The lowest BCUT2D eigenvalue weighted by molar-refractivity contribution is -0.124. The Balaban J connectivity index is 1.60. The predicted molar refractivity (Wildman–Crippen MR) is 97.2 cm³/mol. The maximum Gasteiger partial charge on any atom is 0.338 e. The monoisotopic (exact) mass is 351 g/mol. The summed E-state index contributed by atoms with van der Waals surface area (Å²) < 4.78 is 17.8. The molecule has 0 radical (unpaired) electrons. The van der Waals surface area contributed by atoms with E-state index in [0.29, 0.717) is 0 Å². The number of esters is 1. The van der Waals surface area contributed by atoms with Gasteiger partial charge in [0.15, 0.2) is 6.61 Å². The second-order valence-electron chi connectivity index (χ2n) is 5.94. The zero-order valence-electron chi connectivity index (χ0n) is 14.2. The van der Waals surface area contributed by atoms with Gasteiger partial charge in [0.05, 0.1) is 11.6 Å². The molecule has 0 bridgehead atoms. The molecule has 1 N–H and O–H groups in total. The smallest absolute Gasteiger partial charge is 0.338 e. The Bertz CT molecular complexity index is 932. The van der Waals surface area contributed by atoms with Crippen molar-refractivity contribution in [2.75, 3.05) is 6.61 Å². The first-order valence-corrected chi connectivity index (χ1v) is 8.24. The molecule has 0 unspecified atom stereocenters. The number of carbonyl (C=O) groups excluding carboxylic acids is 2. The first kappa shape index (κ1) is 17.6. The SMILES string of the molecule is C[C@@H](NC(=O)COC(=O)c1ccc(F)cc1)c1cccc2ccccc12. The summed E-state index contributed by atoms with van der Waals surface area (Å²) in [5, 5.41) is 4.98. The van der Waals surface area contributed by atoms with Gasteiger partial charge in [0.25, 0.3) is 5.91 Å². The van der Waals surface area contributed by atoms with Crippen LogP contribution in [0.15, 0.2) is 66.7 Å². The molecule has 0 fully saturated rings. The van der Waals surface area contributed by atoms with Crippen molar-refractivity contribution < 1.29 is 18.7 Å². The molecule has 0 saturated heterocycles. The van der Waals surface area contributed by atoms with E-state index in [1.807, 2.05) is 49.4 Å². The molecule has 5 heteroatoms. The minimum atomic E-state index is -0.669. The van der Waals surface area contributed by atoms with Crippen molar-refractivity contribution in [3.05, 3.63) is 83.7 Å².